The fraction of sp³-hybridized carbons (Fsp3) is 0.667. The molecule has 1 rings (SSSR count). The van der Waals surface area contributed by atoms with E-state index in [-0.39, 0.29) is 11.2 Å². The predicted octanol–water partition coefficient (Wildman–Crippen LogP) is 1.29. The van der Waals surface area contributed by atoms with Gasteiger partial charge < -0.3 is 5.11 Å². The van der Waals surface area contributed by atoms with Crippen LogP contribution in [0.4, 0.5) is 0 Å². The zero-order valence-corrected chi connectivity index (χ0v) is 7.22. The number of ketones is 1. The van der Waals surface area contributed by atoms with Crippen LogP contribution in [-0.4, -0.2) is 17.0 Å². The minimum atomic E-state index is -0.814. The Kier molecular flexibility index (Phi) is 1.89. The number of carbonyl (C=O) groups excluding carboxylic acids is 1. The second-order valence-corrected chi connectivity index (χ2v) is 3.96. The third-order valence-electron chi connectivity index (χ3n) is 2.13. The standard InChI is InChI=1S/C9H14O2/c1-6-4-7(10)8(11)9(2,3)5-6/h4,8,11H,5H2,1-3H3. The summed E-state index contributed by atoms with van der Waals surface area (Å²) in [5.74, 6) is -0.154. The molecule has 0 aromatic rings. The highest BCUT2D eigenvalue weighted by molar-refractivity contribution is 5.95. The molecule has 0 spiro atoms. The van der Waals surface area contributed by atoms with Crippen LogP contribution in [0, 0.1) is 5.41 Å². The van der Waals surface area contributed by atoms with Gasteiger partial charge in [-0.25, -0.2) is 0 Å². The van der Waals surface area contributed by atoms with Crippen LogP contribution in [0.3, 0.4) is 0 Å². The molecule has 0 fully saturated rings. The summed E-state index contributed by atoms with van der Waals surface area (Å²) >= 11 is 0. The van der Waals surface area contributed by atoms with Crippen molar-refractivity contribution in [1.29, 1.82) is 0 Å². The first-order chi connectivity index (χ1) is 4.93. The molecule has 1 aliphatic rings. The number of aliphatic hydroxyl groups is 1. The number of hydrogen-bond donors (Lipinski definition) is 1. The summed E-state index contributed by atoms with van der Waals surface area (Å²) in [7, 11) is 0. The van der Waals surface area contributed by atoms with Gasteiger partial charge in [-0.1, -0.05) is 19.4 Å². The number of allylic oxidation sites excluding steroid dienone is 1. The number of carbonyl (C=O) groups is 1. The molecule has 2 nitrogen and oxygen atoms in total. The smallest absolute Gasteiger partial charge is 0.184 e. The summed E-state index contributed by atoms with van der Waals surface area (Å²) in [4.78, 5) is 11.1. The third-order valence-corrected chi connectivity index (χ3v) is 2.13. The van der Waals surface area contributed by atoms with Gasteiger partial charge in [-0.05, 0) is 19.4 Å². The van der Waals surface area contributed by atoms with Gasteiger partial charge in [0.2, 0.25) is 0 Å². The lowest BCUT2D eigenvalue weighted by atomic mass is 9.75. The molecule has 1 N–H and O–H groups in total. The van der Waals surface area contributed by atoms with Crippen molar-refractivity contribution in [3.63, 3.8) is 0 Å². The highest BCUT2D eigenvalue weighted by Crippen LogP contribution is 2.33. The number of rotatable bonds is 0. The molecule has 0 amide bonds. The Morgan fingerprint density at radius 1 is 1.64 bits per heavy atom. The summed E-state index contributed by atoms with van der Waals surface area (Å²) in [5, 5.41) is 9.43. The molecular weight excluding hydrogens is 140 g/mol. The van der Waals surface area contributed by atoms with Crippen molar-refractivity contribution in [2.45, 2.75) is 33.3 Å². The van der Waals surface area contributed by atoms with Crippen LogP contribution in [0.25, 0.3) is 0 Å². The molecule has 0 saturated heterocycles. The molecule has 0 bridgehead atoms. The van der Waals surface area contributed by atoms with Gasteiger partial charge in [-0.2, -0.15) is 0 Å². The molecule has 1 unspecified atom stereocenters. The summed E-state index contributed by atoms with van der Waals surface area (Å²) in [6.07, 6.45) is 1.53. The summed E-state index contributed by atoms with van der Waals surface area (Å²) in [6, 6.07) is 0. The normalized spacial score (nSPS) is 30.0. The number of aliphatic hydroxyl groups excluding tert-OH is 1. The average molecular weight is 154 g/mol. The first-order valence-electron chi connectivity index (χ1n) is 3.82. The van der Waals surface area contributed by atoms with Crippen molar-refractivity contribution >= 4 is 5.78 Å². The highest BCUT2D eigenvalue weighted by Gasteiger charge is 2.35. The van der Waals surface area contributed by atoms with Crippen LogP contribution in [0.15, 0.2) is 11.6 Å². The third kappa shape index (κ3) is 1.51. The van der Waals surface area contributed by atoms with Crippen molar-refractivity contribution in [3.8, 4) is 0 Å². The van der Waals surface area contributed by atoms with Gasteiger partial charge in [0.1, 0.15) is 6.10 Å². The van der Waals surface area contributed by atoms with E-state index in [1.165, 1.54) is 6.08 Å². The predicted molar refractivity (Wildman–Crippen MR) is 43.2 cm³/mol. The molecule has 0 saturated carbocycles. The largest absolute Gasteiger partial charge is 0.384 e. The molecule has 1 aliphatic carbocycles. The summed E-state index contributed by atoms with van der Waals surface area (Å²) < 4.78 is 0. The molecule has 0 aromatic heterocycles. The maximum absolute atomic E-state index is 11.1. The molecule has 0 radical (unpaired) electrons. The van der Waals surface area contributed by atoms with Gasteiger partial charge in [0.05, 0.1) is 0 Å². The van der Waals surface area contributed by atoms with E-state index in [0.29, 0.717) is 0 Å². The monoisotopic (exact) mass is 154 g/mol. The van der Waals surface area contributed by atoms with E-state index < -0.39 is 6.10 Å². The molecule has 2 heteroatoms. The van der Waals surface area contributed by atoms with Crippen LogP contribution in [0.5, 0.6) is 0 Å². The van der Waals surface area contributed by atoms with Gasteiger partial charge in [0.15, 0.2) is 5.78 Å². The Morgan fingerprint density at radius 2 is 2.18 bits per heavy atom. The Balaban J connectivity index is 2.94. The SMILES string of the molecule is CC1=CC(=O)C(O)C(C)(C)C1. The molecule has 11 heavy (non-hydrogen) atoms. The highest BCUT2D eigenvalue weighted by atomic mass is 16.3. The first kappa shape index (κ1) is 8.47. The fourth-order valence-electron chi connectivity index (χ4n) is 1.57. The molecule has 1 atom stereocenters. The number of hydrogen-bond acceptors (Lipinski definition) is 2. The minimum absolute atomic E-state index is 0.154. The van der Waals surface area contributed by atoms with Crippen LogP contribution < -0.4 is 0 Å². The van der Waals surface area contributed by atoms with Crippen LogP contribution in [-0.2, 0) is 4.79 Å². The van der Waals surface area contributed by atoms with Crippen molar-refractivity contribution in [2.24, 2.45) is 5.41 Å². The van der Waals surface area contributed by atoms with Crippen LogP contribution in [0.1, 0.15) is 27.2 Å². The second-order valence-electron chi connectivity index (χ2n) is 3.96. The lowest BCUT2D eigenvalue weighted by Gasteiger charge is -2.32. The molecule has 0 aliphatic heterocycles. The van der Waals surface area contributed by atoms with E-state index >= 15 is 0 Å². The van der Waals surface area contributed by atoms with Gasteiger partial charge >= 0.3 is 0 Å². The van der Waals surface area contributed by atoms with Crippen molar-refractivity contribution < 1.29 is 9.90 Å². The minimum Gasteiger partial charge on any atom is -0.384 e. The van der Waals surface area contributed by atoms with Crippen molar-refractivity contribution in [1.82, 2.24) is 0 Å². The first-order valence-corrected chi connectivity index (χ1v) is 3.82. The Hall–Kier alpha value is -0.630. The zero-order chi connectivity index (χ0) is 8.65. The Labute approximate surface area is 66.9 Å². The van der Waals surface area contributed by atoms with Crippen molar-refractivity contribution in [2.75, 3.05) is 0 Å². The maximum Gasteiger partial charge on any atom is 0.184 e. The Morgan fingerprint density at radius 3 is 2.64 bits per heavy atom. The van der Waals surface area contributed by atoms with Crippen molar-refractivity contribution in [3.05, 3.63) is 11.6 Å². The molecular formula is C9H14O2. The van der Waals surface area contributed by atoms with E-state index in [4.69, 9.17) is 0 Å². The Bertz CT molecular complexity index is 214. The van der Waals surface area contributed by atoms with E-state index in [9.17, 15) is 9.90 Å². The zero-order valence-electron chi connectivity index (χ0n) is 7.22. The topological polar surface area (TPSA) is 37.3 Å². The van der Waals surface area contributed by atoms with E-state index in [2.05, 4.69) is 0 Å². The summed E-state index contributed by atoms with van der Waals surface area (Å²) in [6.45, 7) is 5.74. The molecule has 0 aromatic carbocycles. The maximum atomic E-state index is 11.1. The van der Waals surface area contributed by atoms with Crippen LogP contribution >= 0.6 is 0 Å². The van der Waals surface area contributed by atoms with E-state index in [0.717, 1.165) is 12.0 Å². The van der Waals surface area contributed by atoms with Gasteiger partial charge in [-0.15, -0.1) is 0 Å². The lowest BCUT2D eigenvalue weighted by molar-refractivity contribution is -0.129. The van der Waals surface area contributed by atoms with Gasteiger partial charge in [-0.3, -0.25) is 4.79 Å². The summed E-state index contributed by atoms with van der Waals surface area (Å²) in [5.41, 5.74) is 0.779. The van der Waals surface area contributed by atoms with Crippen LogP contribution in [0.2, 0.25) is 0 Å². The average Bonchev–Trinajstić information content (AvgIpc) is 1.81. The molecule has 62 valence electrons. The van der Waals surface area contributed by atoms with Gasteiger partial charge in [0.25, 0.3) is 0 Å². The second kappa shape index (κ2) is 2.45. The molecule has 0 heterocycles. The van der Waals surface area contributed by atoms with E-state index in [1.807, 2.05) is 20.8 Å². The van der Waals surface area contributed by atoms with Gasteiger partial charge in [0, 0.05) is 5.41 Å². The fourth-order valence-corrected chi connectivity index (χ4v) is 1.57. The van der Waals surface area contributed by atoms with E-state index in [1.54, 1.807) is 0 Å². The quantitative estimate of drug-likeness (QED) is 0.571. The lowest BCUT2D eigenvalue weighted by Crippen LogP contribution is -2.38.